The summed E-state index contributed by atoms with van der Waals surface area (Å²) in [4.78, 5) is 16.0. The number of carbonyl (C=O) groups is 1. The molecule has 0 spiro atoms. The Balaban J connectivity index is 0.000000338. The molecular formula is C29H40IrN2O2-2. The molecule has 3 rings (SSSR count). The third kappa shape index (κ3) is 7.71. The molecule has 0 fully saturated rings. The zero-order valence-electron chi connectivity index (χ0n) is 21.7. The molecule has 0 aliphatic carbocycles. The number of aliphatic hydroxyl groups excluding tert-OH is 1. The van der Waals surface area contributed by atoms with Gasteiger partial charge in [0.05, 0.1) is 5.76 Å². The summed E-state index contributed by atoms with van der Waals surface area (Å²) in [7, 11) is 2.07. The van der Waals surface area contributed by atoms with Crippen LogP contribution in [0.3, 0.4) is 0 Å². The van der Waals surface area contributed by atoms with E-state index in [-0.39, 0.29) is 43.5 Å². The number of fused-ring (bicyclic) bond motifs is 1. The van der Waals surface area contributed by atoms with Crippen LogP contribution < -0.4 is 9.80 Å². The van der Waals surface area contributed by atoms with E-state index >= 15 is 0 Å². The summed E-state index contributed by atoms with van der Waals surface area (Å²) in [6.45, 7) is 14.4. The topological polar surface area (TPSA) is 43.8 Å². The van der Waals surface area contributed by atoms with E-state index in [4.69, 9.17) is 0 Å². The molecule has 1 N–H and O–H groups in total. The molecule has 189 valence electrons. The Kier molecular flexibility index (Phi) is 12.6. The van der Waals surface area contributed by atoms with Crippen LogP contribution in [0.1, 0.15) is 64.5 Å². The van der Waals surface area contributed by atoms with Gasteiger partial charge in [-0.25, -0.2) is 0 Å². The Morgan fingerprint density at radius 1 is 1.00 bits per heavy atom. The molecule has 2 aromatic carbocycles. The molecule has 0 aromatic heterocycles. The van der Waals surface area contributed by atoms with Crippen molar-refractivity contribution < 1.29 is 30.0 Å². The molecule has 1 heterocycles. The third-order valence-electron chi connectivity index (χ3n) is 6.29. The summed E-state index contributed by atoms with van der Waals surface area (Å²) in [5.74, 6) is 0.547. The molecule has 0 bridgehead atoms. The minimum absolute atomic E-state index is 0. The fourth-order valence-electron chi connectivity index (χ4n) is 4.24. The second-order valence-corrected chi connectivity index (χ2v) is 8.81. The molecule has 0 atom stereocenters. The Morgan fingerprint density at radius 3 is 2.09 bits per heavy atom. The first kappa shape index (κ1) is 29.9. The van der Waals surface area contributed by atoms with Crippen molar-refractivity contribution in [2.45, 2.75) is 67.2 Å². The molecule has 1 aliphatic rings. The van der Waals surface area contributed by atoms with E-state index in [0.717, 1.165) is 31.4 Å². The van der Waals surface area contributed by atoms with Crippen molar-refractivity contribution in [1.29, 1.82) is 0 Å². The third-order valence-corrected chi connectivity index (χ3v) is 6.29. The standard InChI is InChI=1S/C16H16N2.C13H24O2.Ir/c1-12-8-13(2)10-14(9-12)18-11-17(3)15-6-4-5-7-16(15)18;1-5-10(6-2)12(14)9-13(15)11(7-3)8-4;/h4-9,11H,1-3H3;9-11,14H,5-8H2,1-4H3;/q-2;;/b;12-9-;. The van der Waals surface area contributed by atoms with Crippen molar-refractivity contribution >= 4 is 22.8 Å². The summed E-state index contributed by atoms with van der Waals surface area (Å²) in [6.07, 6.45) is 4.91. The van der Waals surface area contributed by atoms with Crippen LogP contribution in [0.2, 0.25) is 0 Å². The van der Waals surface area contributed by atoms with E-state index in [0.29, 0.717) is 0 Å². The molecule has 0 amide bonds. The predicted molar refractivity (Wildman–Crippen MR) is 140 cm³/mol. The van der Waals surface area contributed by atoms with Crippen molar-refractivity contribution in [3.05, 3.63) is 72.1 Å². The summed E-state index contributed by atoms with van der Waals surface area (Å²) in [5, 5.41) is 9.76. The number of anilines is 3. The van der Waals surface area contributed by atoms with Crippen LogP contribution in [0, 0.1) is 38.4 Å². The largest absolute Gasteiger partial charge is 0.512 e. The van der Waals surface area contributed by atoms with Gasteiger partial charge in [-0.1, -0.05) is 53.7 Å². The quantitative estimate of drug-likeness (QED) is 0.183. The maximum absolute atomic E-state index is 11.7. The number of ketones is 1. The second-order valence-electron chi connectivity index (χ2n) is 8.81. The molecule has 0 saturated heterocycles. The fraction of sp³-hybridized carbons (Fsp3) is 0.448. The number of aliphatic hydroxyl groups is 1. The first-order valence-corrected chi connectivity index (χ1v) is 12.2. The Hall–Kier alpha value is -2.10. The molecule has 0 saturated carbocycles. The zero-order chi connectivity index (χ0) is 24.5. The first-order valence-electron chi connectivity index (χ1n) is 12.2. The van der Waals surface area contributed by atoms with Crippen LogP contribution in [0.25, 0.3) is 0 Å². The second kappa shape index (κ2) is 14.3. The number of aryl methyl sites for hydroxylation is 2. The maximum atomic E-state index is 11.7. The number of benzene rings is 2. The van der Waals surface area contributed by atoms with Crippen LogP contribution in [0.15, 0.2) is 48.2 Å². The summed E-state index contributed by atoms with van der Waals surface area (Å²) in [5.41, 5.74) is 5.97. The van der Waals surface area contributed by atoms with Crippen molar-refractivity contribution in [2.24, 2.45) is 11.8 Å². The van der Waals surface area contributed by atoms with Crippen molar-refractivity contribution in [3.63, 3.8) is 0 Å². The average molecular weight is 641 g/mol. The molecular weight excluding hydrogens is 601 g/mol. The van der Waals surface area contributed by atoms with Gasteiger partial charge >= 0.3 is 0 Å². The maximum Gasteiger partial charge on any atom is 0.162 e. The van der Waals surface area contributed by atoms with Gasteiger partial charge in [-0.15, -0.1) is 11.8 Å². The van der Waals surface area contributed by atoms with E-state index in [9.17, 15) is 9.90 Å². The smallest absolute Gasteiger partial charge is 0.162 e. The fourth-order valence-corrected chi connectivity index (χ4v) is 4.24. The number of para-hydroxylation sites is 2. The average Bonchev–Trinajstić information content (AvgIpc) is 3.12. The van der Waals surface area contributed by atoms with Gasteiger partial charge in [0.1, 0.15) is 0 Å². The number of hydrogen-bond donors (Lipinski definition) is 1. The van der Waals surface area contributed by atoms with Crippen LogP contribution in [0.4, 0.5) is 17.1 Å². The molecule has 1 aliphatic heterocycles. The minimum Gasteiger partial charge on any atom is -0.512 e. The van der Waals surface area contributed by atoms with Crippen LogP contribution >= 0.6 is 0 Å². The van der Waals surface area contributed by atoms with Crippen molar-refractivity contribution in [1.82, 2.24) is 0 Å². The Labute approximate surface area is 220 Å². The van der Waals surface area contributed by atoms with Crippen molar-refractivity contribution in [3.8, 4) is 0 Å². The normalized spacial score (nSPS) is 12.9. The molecule has 34 heavy (non-hydrogen) atoms. The van der Waals surface area contributed by atoms with E-state index in [1.165, 1.54) is 28.6 Å². The van der Waals surface area contributed by atoms with Gasteiger partial charge in [-0.3, -0.25) is 4.79 Å². The van der Waals surface area contributed by atoms with Gasteiger partial charge in [0, 0.05) is 49.4 Å². The summed E-state index contributed by atoms with van der Waals surface area (Å²) in [6, 6.07) is 16.1. The van der Waals surface area contributed by atoms with Gasteiger partial charge < -0.3 is 14.9 Å². The number of allylic oxidation sites excluding steroid dienone is 2. The van der Waals surface area contributed by atoms with Gasteiger partial charge in [0.2, 0.25) is 0 Å². The number of nitrogens with zero attached hydrogens (tertiary/aromatic N) is 2. The molecule has 4 nitrogen and oxygen atoms in total. The SMILES string of the molecule is CCC(CC)C(=O)/C=C(\O)C(CC)CC.Cc1[c-]c(N2[CH-]N(C)c3ccccc32)cc(C)c1.[Ir]. The van der Waals surface area contributed by atoms with Gasteiger partial charge in [-0.2, -0.15) is 29.9 Å². The Bertz CT molecular complexity index is 929. The monoisotopic (exact) mass is 641 g/mol. The zero-order valence-corrected chi connectivity index (χ0v) is 24.1. The minimum atomic E-state index is 0. The van der Waals surface area contributed by atoms with Crippen LogP contribution in [-0.4, -0.2) is 17.9 Å². The van der Waals surface area contributed by atoms with E-state index < -0.39 is 0 Å². The molecule has 1 radical (unpaired) electrons. The van der Waals surface area contributed by atoms with Gasteiger partial charge in [0.15, 0.2) is 5.78 Å². The van der Waals surface area contributed by atoms with E-state index in [1.807, 2.05) is 27.7 Å². The summed E-state index contributed by atoms with van der Waals surface area (Å²) < 4.78 is 0. The van der Waals surface area contributed by atoms with Gasteiger partial charge in [0.25, 0.3) is 0 Å². The molecule has 0 unspecified atom stereocenters. The predicted octanol–water partition coefficient (Wildman–Crippen LogP) is 7.68. The molecule has 5 heteroatoms. The van der Waals surface area contributed by atoms with E-state index in [2.05, 4.69) is 79.8 Å². The molecule has 2 aromatic rings. The van der Waals surface area contributed by atoms with E-state index in [1.54, 1.807) is 0 Å². The number of hydrogen-bond acceptors (Lipinski definition) is 4. The van der Waals surface area contributed by atoms with Crippen LogP contribution in [-0.2, 0) is 24.9 Å². The summed E-state index contributed by atoms with van der Waals surface area (Å²) >= 11 is 0. The van der Waals surface area contributed by atoms with Crippen molar-refractivity contribution in [2.75, 3.05) is 16.8 Å². The van der Waals surface area contributed by atoms with Gasteiger partial charge in [-0.05, 0) is 44.9 Å². The Morgan fingerprint density at radius 2 is 1.56 bits per heavy atom. The number of carbonyl (C=O) groups excluding carboxylic acids is 1. The number of rotatable bonds is 8. The first-order chi connectivity index (χ1) is 15.7. The van der Waals surface area contributed by atoms with Crippen LogP contribution in [0.5, 0.6) is 0 Å².